The Morgan fingerprint density at radius 2 is 1.84 bits per heavy atom. The first-order valence-corrected chi connectivity index (χ1v) is 8.04. The molecule has 0 bridgehead atoms. The predicted molar refractivity (Wildman–Crippen MR) is 75.3 cm³/mol. The molecule has 0 saturated carbocycles. The molecule has 0 aliphatic rings. The van der Waals surface area contributed by atoms with Crippen molar-refractivity contribution >= 4 is 10.0 Å². The number of hydrogen-bond acceptors (Lipinski definition) is 4. The Morgan fingerprint density at radius 1 is 1.26 bits per heavy atom. The van der Waals surface area contributed by atoms with E-state index in [2.05, 4.69) is 4.72 Å². The molecule has 1 aromatic rings. The number of nitrogens with one attached hydrogen (secondary N) is 1. The molecule has 1 unspecified atom stereocenters. The third-order valence-corrected chi connectivity index (χ3v) is 5.03. The van der Waals surface area contributed by atoms with Gasteiger partial charge in [0.2, 0.25) is 10.0 Å². The average molecular weight is 288 g/mol. The van der Waals surface area contributed by atoms with Gasteiger partial charge in [-0.25, -0.2) is 13.1 Å². The Kier molecular flexibility index (Phi) is 5.18. The molecule has 1 atom stereocenters. The lowest BCUT2D eigenvalue weighted by Crippen LogP contribution is -2.38. The molecule has 3 N–H and O–H groups in total. The number of furan rings is 1. The minimum Gasteiger partial charge on any atom is -0.465 e. The van der Waals surface area contributed by atoms with Crippen molar-refractivity contribution in [2.45, 2.75) is 58.5 Å². The van der Waals surface area contributed by atoms with Crippen LogP contribution in [-0.2, 0) is 16.6 Å². The highest BCUT2D eigenvalue weighted by molar-refractivity contribution is 7.89. The molecular formula is C13H24N2O3S. The van der Waals surface area contributed by atoms with Crippen LogP contribution in [0.4, 0.5) is 0 Å². The van der Waals surface area contributed by atoms with Gasteiger partial charge in [-0.2, -0.15) is 0 Å². The lowest BCUT2D eigenvalue weighted by molar-refractivity contribution is 0.436. The molecular weight excluding hydrogens is 264 g/mol. The molecule has 6 heteroatoms. The summed E-state index contributed by atoms with van der Waals surface area (Å²) in [7, 11) is -3.59. The molecule has 19 heavy (non-hydrogen) atoms. The van der Waals surface area contributed by atoms with Crippen LogP contribution in [0.1, 0.15) is 44.3 Å². The molecule has 1 heterocycles. The van der Waals surface area contributed by atoms with E-state index in [0.29, 0.717) is 17.1 Å². The van der Waals surface area contributed by atoms with Gasteiger partial charge in [0.1, 0.15) is 16.4 Å². The van der Waals surface area contributed by atoms with Gasteiger partial charge in [0.15, 0.2) is 0 Å². The van der Waals surface area contributed by atoms with Crippen molar-refractivity contribution in [3.63, 3.8) is 0 Å². The van der Waals surface area contributed by atoms with Gasteiger partial charge in [-0.15, -0.1) is 0 Å². The highest BCUT2D eigenvalue weighted by Gasteiger charge is 2.28. The zero-order chi connectivity index (χ0) is 14.8. The number of nitrogens with two attached hydrogens (primary N) is 1. The Morgan fingerprint density at radius 3 is 2.26 bits per heavy atom. The maximum absolute atomic E-state index is 12.5. The predicted octanol–water partition coefficient (Wildman–Crippen LogP) is 2.07. The summed E-state index contributed by atoms with van der Waals surface area (Å²) in [4.78, 5) is 0.201. The smallest absolute Gasteiger partial charge is 0.244 e. The first-order valence-electron chi connectivity index (χ1n) is 6.55. The minimum absolute atomic E-state index is 0.0924. The van der Waals surface area contributed by atoms with Crippen molar-refractivity contribution in [3.05, 3.63) is 17.1 Å². The Balaban J connectivity index is 3.21. The standard InChI is InChI=1S/C13H24N2O3S/c1-6-12(8(2)3)15-19(16,17)13-10(5)18-9(4)11(13)7-14/h8,12,15H,6-7,14H2,1-5H3. The van der Waals surface area contributed by atoms with Crippen molar-refractivity contribution in [3.8, 4) is 0 Å². The Hall–Kier alpha value is -0.850. The molecule has 0 aliphatic carbocycles. The quantitative estimate of drug-likeness (QED) is 0.839. The molecule has 0 saturated heterocycles. The van der Waals surface area contributed by atoms with Gasteiger partial charge < -0.3 is 10.2 Å². The van der Waals surface area contributed by atoms with Crippen molar-refractivity contribution in [2.75, 3.05) is 0 Å². The van der Waals surface area contributed by atoms with Crippen molar-refractivity contribution in [1.82, 2.24) is 4.72 Å². The first-order chi connectivity index (χ1) is 8.74. The zero-order valence-corrected chi connectivity index (χ0v) is 13.1. The van der Waals surface area contributed by atoms with Gasteiger partial charge in [-0.3, -0.25) is 0 Å². The van der Waals surface area contributed by atoms with Gasteiger partial charge in [0.05, 0.1) is 0 Å². The highest BCUT2D eigenvalue weighted by Crippen LogP contribution is 2.26. The van der Waals surface area contributed by atoms with Gasteiger partial charge in [0, 0.05) is 18.2 Å². The maximum atomic E-state index is 12.5. The third kappa shape index (κ3) is 3.38. The summed E-state index contributed by atoms with van der Waals surface area (Å²) in [6.07, 6.45) is 0.741. The van der Waals surface area contributed by atoms with E-state index < -0.39 is 10.0 Å². The van der Waals surface area contributed by atoms with E-state index in [1.54, 1.807) is 13.8 Å². The Bertz CT molecular complexity index is 532. The second-order valence-corrected chi connectivity index (χ2v) is 6.76. The fourth-order valence-electron chi connectivity index (χ4n) is 2.25. The second kappa shape index (κ2) is 6.07. The number of sulfonamides is 1. The minimum atomic E-state index is -3.59. The van der Waals surface area contributed by atoms with Crippen LogP contribution in [-0.4, -0.2) is 14.5 Å². The average Bonchev–Trinajstić information content (AvgIpc) is 2.60. The normalized spacial score (nSPS) is 14.1. The third-order valence-electron chi connectivity index (χ3n) is 3.35. The SMILES string of the molecule is CCC(NS(=O)(=O)c1c(C)oc(C)c1CN)C(C)C. The lowest BCUT2D eigenvalue weighted by atomic mass is 10.0. The van der Waals surface area contributed by atoms with Crippen molar-refractivity contribution in [2.24, 2.45) is 11.7 Å². The molecule has 0 aliphatic heterocycles. The van der Waals surface area contributed by atoms with Crippen molar-refractivity contribution < 1.29 is 12.8 Å². The van der Waals surface area contributed by atoms with Crippen LogP contribution in [0.5, 0.6) is 0 Å². The fourth-order valence-corrected chi connectivity index (χ4v) is 4.17. The maximum Gasteiger partial charge on any atom is 0.244 e. The summed E-state index contributed by atoms with van der Waals surface area (Å²) in [5.41, 5.74) is 6.19. The summed E-state index contributed by atoms with van der Waals surface area (Å²) in [6.45, 7) is 9.48. The van der Waals surface area contributed by atoms with E-state index >= 15 is 0 Å². The van der Waals surface area contributed by atoms with Gasteiger partial charge in [-0.05, 0) is 26.2 Å². The van der Waals surface area contributed by atoms with Crippen LogP contribution >= 0.6 is 0 Å². The fraction of sp³-hybridized carbons (Fsp3) is 0.692. The second-order valence-electron chi connectivity index (χ2n) is 5.11. The molecule has 1 aromatic heterocycles. The first kappa shape index (κ1) is 16.2. The monoisotopic (exact) mass is 288 g/mol. The van der Waals surface area contributed by atoms with Gasteiger partial charge >= 0.3 is 0 Å². The molecule has 0 aromatic carbocycles. The molecule has 0 fully saturated rings. The van der Waals surface area contributed by atoms with Crippen molar-refractivity contribution in [1.29, 1.82) is 0 Å². The van der Waals surface area contributed by atoms with Crippen LogP contribution in [0, 0.1) is 19.8 Å². The van der Waals surface area contributed by atoms with Crippen LogP contribution in [0.3, 0.4) is 0 Å². The molecule has 0 spiro atoms. The van der Waals surface area contributed by atoms with Crippen LogP contribution in [0.25, 0.3) is 0 Å². The highest BCUT2D eigenvalue weighted by atomic mass is 32.2. The molecule has 110 valence electrons. The van der Waals surface area contributed by atoms with E-state index in [4.69, 9.17) is 10.2 Å². The van der Waals surface area contributed by atoms with E-state index in [1.807, 2.05) is 20.8 Å². The zero-order valence-electron chi connectivity index (χ0n) is 12.3. The summed E-state index contributed by atoms with van der Waals surface area (Å²) < 4.78 is 33.1. The van der Waals surface area contributed by atoms with Gasteiger partial charge in [0.25, 0.3) is 0 Å². The Labute approximate surface area is 115 Å². The number of rotatable bonds is 6. The van der Waals surface area contributed by atoms with Crippen LogP contribution < -0.4 is 10.5 Å². The van der Waals surface area contributed by atoms with E-state index in [0.717, 1.165) is 6.42 Å². The van der Waals surface area contributed by atoms with Crippen LogP contribution in [0.2, 0.25) is 0 Å². The lowest BCUT2D eigenvalue weighted by Gasteiger charge is -2.20. The molecule has 0 amide bonds. The summed E-state index contributed by atoms with van der Waals surface area (Å²) in [6, 6.07) is -0.0924. The van der Waals surface area contributed by atoms with E-state index in [1.165, 1.54) is 0 Å². The molecule has 5 nitrogen and oxygen atoms in total. The topological polar surface area (TPSA) is 85.3 Å². The molecule has 1 rings (SSSR count). The van der Waals surface area contributed by atoms with E-state index in [-0.39, 0.29) is 23.4 Å². The summed E-state index contributed by atoms with van der Waals surface area (Å²) >= 11 is 0. The molecule has 0 radical (unpaired) electrons. The summed E-state index contributed by atoms with van der Waals surface area (Å²) in [5, 5.41) is 0. The van der Waals surface area contributed by atoms with E-state index in [9.17, 15) is 8.42 Å². The summed E-state index contributed by atoms with van der Waals surface area (Å²) in [5.74, 6) is 1.19. The number of hydrogen-bond donors (Lipinski definition) is 2. The van der Waals surface area contributed by atoms with Gasteiger partial charge in [-0.1, -0.05) is 20.8 Å². The number of aryl methyl sites for hydroxylation is 2. The van der Waals surface area contributed by atoms with Crippen LogP contribution in [0.15, 0.2) is 9.31 Å². The largest absolute Gasteiger partial charge is 0.465 e.